The molecule has 8 nitrogen and oxygen atoms in total. The molecule has 2 aromatic rings. The van der Waals surface area contributed by atoms with Crippen LogP contribution in [-0.4, -0.2) is 19.6 Å². The van der Waals surface area contributed by atoms with Gasteiger partial charge in [0.05, 0.1) is 0 Å². The summed E-state index contributed by atoms with van der Waals surface area (Å²) in [5.74, 6) is -0.0500. The molecule has 0 aliphatic carbocycles. The Morgan fingerprint density at radius 1 is 0.862 bits per heavy atom. The predicted octanol–water partition coefficient (Wildman–Crippen LogP) is 0.870. The number of hydrogen-bond acceptors (Lipinski definition) is 4. The van der Waals surface area contributed by atoms with Crippen LogP contribution in [0.3, 0.4) is 0 Å². The van der Waals surface area contributed by atoms with Crippen LogP contribution in [0, 0.1) is 0 Å². The number of phosphoric ester groups is 2. The first-order chi connectivity index (χ1) is 13.0. The second-order valence-electron chi connectivity index (χ2n) is 5.80. The van der Waals surface area contributed by atoms with Gasteiger partial charge in [-0.1, -0.05) is 24.3 Å². The van der Waals surface area contributed by atoms with E-state index in [1.54, 1.807) is 24.3 Å². The molecule has 29 heavy (non-hydrogen) atoms. The maximum atomic E-state index is 11.3. The number of rotatable bonds is 9. The predicted molar refractivity (Wildman–Crippen MR) is 106 cm³/mol. The van der Waals surface area contributed by atoms with Crippen molar-refractivity contribution in [1.82, 2.24) is 0 Å². The van der Waals surface area contributed by atoms with Gasteiger partial charge in [-0.15, -0.1) is 13.2 Å². The van der Waals surface area contributed by atoms with Crippen LogP contribution >= 0.6 is 15.6 Å². The van der Waals surface area contributed by atoms with Gasteiger partial charge in [0.15, 0.2) is 0 Å². The number of phosphoric acid groups is 2. The van der Waals surface area contributed by atoms with E-state index in [4.69, 9.17) is 18.8 Å². The summed E-state index contributed by atoms with van der Waals surface area (Å²) in [5.41, 5.74) is 2.19. The van der Waals surface area contributed by atoms with Crippen molar-refractivity contribution in [2.24, 2.45) is 0 Å². The Labute approximate surface area is 192 Å². The van der Waals surface area contributed by atoms with E-state index in [0.29, 0.717) is 23.1 Å². The maximum Gasteiger partial charge on any atom is 1.00 e. The van der Waals surface area contributed by atoms with Crippen molar-refractivity contribution >= 4 is 15.6 Å². The molecule has 2 aromatic carbocycles. The second-order valence-corrected chi connectivity index (χ2v) is 8.13. The van der Waals surface area contributed by atoms with E-state index in [0.717, 1.165) is 5.56 Å². The third kappa shape index (κ3) is 8.22. The summed E-state index contributed by atoms with van der Waals surface area (Å²) in [6.07, 6.45) is 4.00. The molecule has 0 radical (unpaired) electrons. The third-order valence-corrected chi connectivity index (χ3v) is 4.46. The van der Waals surface area contributed by atoms with E-state index in [2.05, 4.69) is 13.2 Å². The second kappa shape index (κ2) is 10.7. The van der Waals surface area contributed by atoms with Crippen LogP contribution in [0.25, 0.3) is 11.1 Å². The zero-order chi connectivity index (χ0) is 20.9. The first-order valence-corrected chi connectivity index (χ1v) is 11.1. The van der Waals surface area contributed by atoms with Crippen LogP contribution < -0.4 is 38.6 Å². The summed E-state index contributed by atoms with van der Waals surface area (Å²) < 4.78 is 32.0. The third-order valence-electron chi connectivity index (χ3n) is 3.59. The van der Waals surface area contributed by atoms with E-state index in [1.807, 2.05) is 0 Å². The summed E-state index contributed by atoms with van der Waals surface area (Å²) in [5, 5.41) is 0. The Kier molecular flexibility index (Phi) is 9.57. The largest absolute Gasteiger partial charge is 1.00 e. The summed E-state index contributed by atoms with van der Waals surface area (Å²) in [6, 6.07) is 9.27. The molecule has 0 heterocycles. The average Bonchev–Trinajstić information content (AvgIpc) is 2.56. The molecule has 0 fully saturated rings. The number of allylic oxidation sites excluding steroid dienone is 2. The van der Waals surface area contributed by atoms with Crippen molar-refractivity contribution in [1.29, 1.82) is 0 Å². The van der Waals surface area contributed by atoms with Crippen LogP contribution in [0.2, 0.25) is 0 Å². The van der Waals surface area contributed by atoms with Gasteiger partial charge in [-0.2, -0.15) is 0 Å². The first kappa shape index (κ1) is 25.9. The molecule has 0 unspecified atom stereocenters. The first-order valence-electron chi connectivity index (χ1n) is 8.00. The van der Waals surface area contributed by atoms with Gasteiger partial charge in [-0.05, 0) is 53.8 Å². The molecule has 0 spiro atoms. The smallest absolute Gasteiger partial charge is 1.00 e. The monoisotopic (exact) mass is 450 g/mol. The maximum absolute atomic E-state index is 11.3. The fourth-order valence-electron chi connectivity index (χ4n) is 2.58. The minimum Gasteiger partial charge on any atom is -1.00 e. The Bertz CT molecular complexity index is 986. The molecule has 0 amide bonds. The van der Waals surface area contributed by atoms with E-state index in [-0.39, 0.29) is 48.9 Å². The standard InChI is InChI=1S/C18H20O8P2.Na.H/c1-3-5-13-7-9-18(26-28(22,23)24)16(11-13)14-8-10-17(25-27(19,20)21)15(12-14)6-4-2;;/h3-4,7-12H,1-2,5-6H2,(H2,19,20,21)(H2,22,23,24);;/q;+1;-1. The summed E-state index contributed by atoms with van der Waals surface area (Å²) in [7, 11) is -9.54. The summed E-state index contributed by atoms with van der Waals surface area (Å²) >= 11 is 0. The van der Waals surface area contributed by atoms with Crippen molar-refractivity contribution in [2.75, 3.05) is 0 Å². The van der Waals surface area contributed by atoms with Crippen molar-refractivity contribution in [3.63, 3.8) is 0 Å². The van der Waals surface area contributed by atoms with E-state index in [1.165, 1.54) is 24.3 Å². The van der Waals surface area contributed by atoms with Crippen LogP contribution in [0.5, 0.6) is 11.5 Å². The molecule has 0 saturated carbocycles. The Hall–Kier alpha value is -1.18. The fourth-order valence-corrected chi connectivity index (χ4v) is 3.43. The van der Waals surface area contributed by atoms with Crippen LogP contribution in [-0.2, 0) is 22.0 Å². The topological polar surface area (TPSA) is 134 Å². The summed E-state index contributed by atoms with van der Waals surface area (Å²) in [6.45, 7) is 7.28. The molecule has 152 valence electrons. The van der Waals surface area contributed by atoms with Crippen LogP contribution in [0.15, 0.2) is 61.7 Å². The van der Waals surface area contributed by atoms with Gasteiger partial charge < -0.3 is 10.5 Å². The molecule has 2 rings (SSSR count). The zero-order valence-electron chi connectivity index (χ0n) is 16.8. The molecule has 0 aliphatic heterocycles. The van der Waals surface area contributed by atoms with E-state index < -0.39 is 15.6 Å². The Morgan fingerprint density at radius 2 is 1.41 bits per heavy atom. The molecule has 0 aliphatic rings. The van der Waals surface area contributed by atoms with Crippen LogP contribution in [0.4, 0.5) is 0 Å². The van der Waals surface area contributed by atoms with Crippen molar-refractivity contribution in [2.45, 2.75) is 12.8 Å². The van der Waals surface area contributed by atoms with Gasteiger partial charge in [-0.3, -0.25) is 19.6 Å². The Balaban J connectivity index is 0.00000420. The molecule has 0 bridgehead atoms. The zero-order valence-corrected chi connectivity index (χ0v) is 19.6. The van der Waals surface area contributed by atoms with Crippen molar-refractivity contribution in [3.05, 3.63) is 72.8 Å². The van der Waals surface area contributed by atoms with Crippen LogP contribution in [0.1, 0.15) is 12.6 Å². The molecule has 0 atom stereocenters. The average molecular weight is 450 g/mol. The van der Waals surface area contributed by atoms with E-state index in [9.17, 15) is 18.9 Å². The molecule has 0 aromatic heterocycles. The number of hydrogen-bond donors (Lipinski definition) is 4. The van der Waals surface area contributed by atoms with Gasteiger partial charge in [0, 0.05) is 5.56 Å². The quantitative estimate of drug-likeness (QED) is 0.251. The van der Waals surface area contributed by atoms with E-state index >= 15 is 0 Å². The summed E-state index contributed by atoms with van der Waals surface area (Å²) in [4.78, 5) is 36.5. The van der Waals surface area contributed by atoms with Crippen molar-refractivity contribution < 1.29 is 68.7 Å². The number of benzene rings is 2. The minimum absolute atomic E-state index is 0. The molecule has 11 heteroatoms. The van der Waals surface area contributed by atoms with Crippen molar-refractivity contribution in [3.8, 4) is 22.6 Å². The normalized spacial score (nSPS) is 11.3. The fraction of sp³-hybridized carbons (Fsp3) is 0.111. The van der Waals surface area contributed by atoms with Gasteiger partial charge in [0.1, 0.15) is 11.5 Å². The molecule has 4 N–H and O–H groups in total. The van der Waals surface area contributed by atoms with Gasteiger partial charge >= 0.3 is 45.2 Å². The SMILES string of the molecule is C=CCc1ccc(OP(=O)(O)O)c(-c2ccc(OP(=O)(O)O)c(CC=C)c2)c1.[H-].[Na+]. The molecule has 0 saturated heterocycles. The molecular weight excluding hydrogens is 429 g/mol. The van der Waals surface area contributed by atoms with Gasteiger partial charge in [0.25, 0.3) is 0 Å². The Morgan fingerprint density at radius 3 is 1.97 bits per heavy atom. The van der Waals surface area contributed by atoms with Gasteiger partial charge in [-0.25, -0.2) is 9.13 Å². The van der Waals surface area contributed by atoms with Gasteiger partial charge in [0.2, 0.25) is 0 Å². The molecular formula is C18H21NaO8P2. The minimum atomic E-state index is -4.79.